The Kier molecular flexibility index (Phi) is 4.78. The van der Waals surface area contributed by atoms with E-state index < -0.39 is 0 Å². The van der Waals surface area contributed by atoms with Gasteiger partial charge in [-0.05, 0) is 38.2 Å². The van der Waals surface area contributed by atoms with Crippen LogP contribution in [0.15, 0.2) is 24.3 Å². The number of halogens is 1. The van der Waals surface area contributed by atoms with Gasteiger partial charge in [0.2, 0.25) is 0 Å². The Bertz CT molecular complexity index is 688. The molecule has 1 aliphatic rings. The molecule has 23 heavy (non-hydrogen) atoms. The van der Waals surface area contributed by atoms with E-state index in [9.17, 15) is 4.79 Å². The third kappa shape index (κ3) is 3.80. The number of carbonyl (C=O) groups excluding carboxylic acids is 1. The maximum absolute atomic E-state index is 12.7. The van der Waals surface area contributed by atoms with Gasteiger partial charge >= 0.3 is 0 Å². The molecule has 3 rings (SSSR count). The summed E-state index contributed by atoms with van der Waals surface area (Å²) in [7, 11) is 2.07. The van der Waals surface area contributed by atoms with Crippen LogP contribution in [0.1, 0.15) is 16.9 Å². The molecule has 1 aromatic heterocycles. The summed E-state index contributed by atoms with van der Waals surface area (Å²) in [6.07, 6.45) is 0.956. The summed E-state index contributed by atoms with van der Waals surface area (Å²) in [6.45, 7) is 3.28. The monoisotopic (exact) mass is 334 g/mol. The second kappa shape index (κ2) is 6.97. The molecule has 8 heteroatoms. The Hall–Kier alpha value is -2.12. The summed E-state index contributed by atoms with van der Waals surface area (Å²) in [4.78, 5) is 16.8. The average Bonchev–Trinajstić information content (AvgIpc) is 2.87. The van der Waals surface area contributed by atoms with Crippen LogP contribution in [0.2, 0.25) is 5.02 Å². The number of aromatic nitrogens is 3. The highest BCUT2D eigenvalue weighted by Crippen LogP contribution is 2.21. The standard InChI is InChI=1S/C15H19ClN6O/c1-21-6-3-7-22(9-8-21)15(23)13-14(19-20-18-13)17-12-5-2-4-11(16)10-12/h2,4-5,10H,3,6-9H2,1H3,(H2,17,18,19,20). The highest BCUT2D eigenvalue weighted by Gasteiger charge is 2.24. The molecule has 1 aromatic carbocycles. The van der Waals surface area contributed by atoms with Crippen LogP contribution < -0.4 is 5.32 Å². The zero-order valence-corrected chi connectivity index (χ0v) is 13.7. The Morgan fingerprint density at radius 1 is 1.26 bits per heavy atom. The molecule has 7 nitrogen and oxygen atoms in total. The summed E-state index contributed by atoms with van der Waals surface area (Å²) in [5.41, 5.74) is 1.06. The Balaban J connectivity index is 1.76. The second-order valence-electron chi connectivity index (χ2n) is 5.61. The van der Waals surface area contributed by atoms with Crippen LogP contribution in [0, 0.1) is 0 Å². The van der Waals surface area contributed by atoms with Gasteiger partial charge < -0.3 is 15.1 Å². The largest absolute Gasteiger partial charge is 0.337 e. The van der Waals surface area contributed by atoms with Crippen LogP contribution in [0.4, 0.5) is 11.5 Å². The second-order valence-corrected chi connectivity index (χ2v) is 6.04. The molecule has 1 fully saturated rings. The summed E-state index contributed by atoms with van der Waals surface area (Å²) in [5, 5.41) is 14.3. The van der Waals surface area contributed by atoms with Gasteiger partial charge in [0, 0.05) is 30.3 Å². The van der Waals surface area contributed by atoms with Crippen molar-refractivity contribution in [3.8, 4) is 0 Å². The maximum atomic E-state index is 12.7. The van der Waals surface area contributed by atoms with Crippen molar-refractivity contribution in [2.24, 2.45) is 0 Å². The average molecular weight is 335 g/mol. The number of hydrogen-bond donors (Lipinski definition) is 2. The molecule has 0 unspecified atom stereocenters. The SMILES string of the molecule is CN1CCCN(C(=O)c2n[nH]nc2Nc2cccc(Cl)c2)CC1. The molecule has 1 aliphatic heterocycles. The first-order valence-electron chi connectivity index (χ1n) is 7.54. The lowest BCUT2D eigenvalue weighted by Gasteiger charge is -2.19. The Labute approximate surface area is 139 Å². The van der Waals surface area contributed by atoms with E-state index in [2.05, 4.69) is 32.7 Å². The molecule has 2 N–H and O–H groups in total. The van der Waals surface area contributed by atoms with E-state index in [1.807, 2.05) is 17.0 Å². The number of benzene rings is 1. The van der Waals surface area contributed by atoms with E-state index in [-0.39, 0.29) is 5.91 Å². The van der Waals surface area contributed by atoms with Crippen LogP contribution in [-0.2, 0) is 0 Å². The lowest BCUT2D eigenvalue weighted by Crippen LogP contribution is -2.35. The molecule has 0 aliphatic carbocycles. The van der Waals surface area contributed by atoms with Gasteiger partial charge in [-0.15, -0.1) is 10.2 Å². The Morgan fingerprint density at radius 3 is 2.96 bits per heavy atom. The van der Waals surface area contributed by atoms with Crippen LogP contribution in [0.25, 0.3) is 0 Å². The summed E-state index contributed by atoms with van der Waals surface area (Å²) < 4.78 is 0. The van der Waals surface area contributed by atoms with Crippen molar-refractivity contribution in [2.75, 3.05) is 38.5 Å². The smallest absolute Gasteiger partial charge is 0.278 e. The minimum absolute atomic E-state index is 0.112. The van der Waals surface area contributed by atoms with Crippen molar-refractivity contribution < 1.29 is 4.79 Å². The third-order valence-corrected chi connectivity index (χ3v) is 4.08. The van der Waals surface area contributed by atoms with Gasteiger partial charge in [-0.25, -0.2) is 0 Å². The minimum atomic E-state index is -0.112. The lowest BCUT2D eigenvalue weighted by molar-refractivity contribution is 0.0758. The number of hydrogen-bond acceptors (Lipinski definition) is 5. The fourth-order valence-electron chi connectivity index (χ4n) is 2.57. The van der Waals surface area contributed by atoms with Gasteiger partial charge in [0.05, 0.1) is 0 Å². The molecule has 0 atom stereocenters. The first kappa shape index (κ1) is 15.8. The van der Waals surface area contributed by atoms with Crippen molar-refractivity contribution in [3.05, 3.63) is 35.0 Å². The van der Waals surface area contributed by atoms with E-state index in [1.54, 1.807) is 12.1 Å². The normalized spacial score (nSPS) is 16.2. The topological polar surface area (TPSA) is 77.2 Å². The zero-order valence-electron chi connectivity index (χ0n) is 12.9. The van der Waals surface area contributed by atoms with Crippen LogP contribution in [0.3, 0.4) is 0 Å². The molecule has 0 radical (unpaired) electrons. The maximum Gasteiger partial charge on any atom is 0.278 e. The molecule has 0 spiro atoms. The molecule has 1 amide bonds. The van der Waals surface area contributed by atoms with Gasteiger partial charge in [-0.3, -0.25) is 4.79 Å². The Morgan fingerprint density at radius 2 is 2.13 bits per heavy atom. The molecule has 0 bridgehead atoms. The highest BCUT2D eigenvalue weighted by atomic mass is 35.5. The van der Waals surface area contributed by atoms with Crippen molar-refractivity contribution in [1.82, 2.24) is 25.2 Å². The van der Waals surface area contributed by atoms with Crippen LogP contribution >= 0.6 is 11.6 Å². The van der Waals surface area contributed by atoms with E-state index in [0.29, 0.717) is 23.1 Å². The molecule has 0 saturated carbocycles. The number of aromatic amines is 1. The highest BCUT2D eigenvalue weighted by molar-refractivity contribution is 6.30. The molecule has 122 valence electrons. The molecule has 2 heterocycles. The number of nitrogens with zero attached hydrogens (tertiary/aromatic N) is 4. The number of likely N-dealkylation sites (N-methyl/N-ethyl adjacent to an activating group) is 1. The van der Waals surface area contributed by atoms with Gasteiger partial charge in [0.1, 0.15) is 0 Å². The first-order chi connectivity index (χ1) is 11.1. The van der Waals surface area contributed by atoms with E-state index >= 15 is 0 Å². The first-order valence-corrected chi connectivity index (χ1v) is 7.92. The fourth-order valence-corrected chi connectivity index (χ4v) is 2.76. The van der Waals surface area contributed by atoms with Crippen molar-refractivity contribution in [1.29, 1.82) is 0 Å². The van der Waals surface area contributed by atoms with Gasteiger partial charge in [-0.2, -0.15) is 5.21 Å². The predicted molar refractivity (Wildman–Crippen MR) is 89.1 cm³/mol. The number of carbonyl (C=O) groups is 1. The van der Waals surface area contributed by atoms with E-state index in [1.165, 1.54) is 0 Å². The van der Waals surface area contributed by atoms with Crippen LogP contribution in [-0.4, -0.2) is 64.3 Å². The number of anilines is 2. The summed E-state index contributed by atoms with van der Waals surface area (Å²) in [6, 6.07) is 7.24. The lowest BCUT2D eigenvalue weighted by atomic mass is 10.3. The van der Waals surface area contributed by atoms with Crippen molar-refractivity contribution in [3.63, 3.8) is 0 Å². The van der Waals surface area contributed by atoms with Crippen LogP contribution in [0.5, 0.6) is 0 Å². The molecular weight excluding hydrogens is 316 g/mol. The minimum Gasteiger partial charge on any atom is -0.337 e. The van der Waals surface area contributed by atoms with Crippen molar-refractivity contribution in [2.45, 2.75) is 6.42 Å². The van der Waals surface area contributed by atoms with Gasteiger partial charge in [0.25, 0.3) is 5.91 Å². The summed E-state index contributed by atoms with van der Waals surface area (Å²) in [5.74, 6) is 0.299. The van der Waals surface area contributed by atoms with Crippen molar-refractivity contribution >= 4 is 29.0 Å². The van der Waals surface area contributed by atoms with Gasteiger partial charge in [0.15, 0.2) is 11.5 Å². The number of rotatable bonds is 3. The molecule has 2 aromatic rings. The van der Waals surface area contributed by atoms with E-state index in [4.69, 9.17) is 11.6 Å². The van der Waals surface area contributed by atoms with E-state index in [0.717, 1.165) is 31.7 Å². The number of nitrogens with one attached hydrogen (secondary N) is 2. The fraction of sp³-hybridized carbons (Fsp3) is 0.400. The quantitative estimate of drug-likeness (QED) is 0.897. The summed E-state index contributed by atoms with van der Waals surface area (Å²) >= 11 is 5.98. The predicted octanol–water partition coefficient (Wildman–Crippen LogP) is 1.98. The number of amides is 1. The molecule has 1 saturated heterocycles. The number of H-pyrrole nitrogens is 1. The third-order valence-electron chi connectivity index (χ3n) is 3.84. The zero-order chi connectivity index (χ0) is 16.2. The van der Waals surface area contributed by atoms with Gasteiger partial charge in [-0.1, -0.05) is 17.7 Å². The molecular formula is C15H19ClN6O.